The van der Waals surface area contributed by atoms with E-state index >= 15 is 0 Å². The van der Waals surface area contributed by atoms with E-state index in [1.165, 1.54) is 0 Å². The van der Waals surface area contributed by atoms with Crippen LogP contribution in [0.1, 0.15) is 5.56 Å². The Morgan fingerprint density at radius 2 is 2.36 bits per heavy atom. The molecular weight excluding hydrogens is 138 g/mol. The summed E-state index contributed by atoms with van der Waals surface area (Å²) in [5, 5.41) is 1.10. The number of anilines is 1. The van der Waals surface area contributed by atoms with E-state index < -0.39 is 0 Å². The van der Waals surface area contributed by atoms with Gasteiger partial charge in [-0.15, -0.1) is 0 Å². The van der Waals surface area contributed by atoms with Gasteiger partial charge in [-0.1, -0.05) is 0 Å². The van der Waals surface area contributed by atoms with Crippen LogP contribution in [0.25, 0.3) is 11.0 Å². The Balaban J connectivity index is 2.92. The van der Waals surface area contributed by atoms with Crippen molar-refractivity contribution in [1.29, 1.82) is 0 Å². The second-order valence-electron chi connectivity index (χ2n) is 2.56. The van der Waals surface area contributed by atoms with Gasteiger partial charge in [0.1, 0.15) is 11.5 Å². The first-order valence-corrected chi connectivity index (χ1v) is 3.48. The molecule has 2 heterocycles. The number of hydrogen-bond acceptors (Lipinski definition) is 2. The van der Waals surface area contributed by atoms with Crippen LogP contribution in [-0.2, 0) is 0 Å². The quantitative estimate of drug-likeness (QED) is 0.592. The maximum atomic E-state index is 5.66. The Hall–Kier alpha value is -1.51. The lowest BCUT2D eigenvalue weighted by molar-refractivity contribution is 1.33. The third-order valence-corrected chi connectivity index (χ3v) is 1.87. The van der Waals surface area contributed by atoms with Crippen LogP contribution in [0.2, 0.25) is 0 Å². The summed E-state index contributed by atoms with van der Waals surface area (Å²) in [4.78, 5) is 7.12. The van der Waals surface area contributed by atoms with Crippen LogP contribution < -0.4 is 5.73 Å². The van der Waals surface area contributed by atoms with E-state index in [4.69, 9.17) is 5.73 Å². The van der Waals surface area contributed by atoms with Crippen LogP contribution in [0.3, 0.4) is 0 Å². The first-order valence-electron chi connectivity index (χ1n) is 3.48. The lowest BCUT2D eigenvalue weighted by Gasteiger charge is -1.87. The first kappa shape index (κ1) is 6.22. The minimum absolute atomic E-state index is 0.707. The molecule has 0 saturated heterocycles. The lowest BCUT2D eigenvalue weighted by atomic mass is 10.2. The van der Waals surface area contributed by atoms with E-state index in [2.05, 4.69) is 9.97 Å². The molecule has 11 heavy (non-hydrogen) atoms. The fraction of sp³-hybridized carbons (Fsp3) is 0.125. The maximum absolute atomic E-state index is 5.66. The molecule has 2 aromatic heterocycles. The predicted octanol–water partition coefficient (Wildman–Crippen LogP) is 1.45. The number of fused-ring (bicyclic) bond motifs is 1. The summed E-state index contributed by atoms with van der Waals surface area (Å²) in [5.41, 5.74) is 7.60. The number of aromatic amines is 1. The second-order valence-corrected chi connectivity index (χ2v) is 2.56. The Morgan fingerprint density at radius 3 is 3.09 bits per heavy atom. The smallest absolute Gasteiger partial charge is 0.139 e. The summed E-state index contributed by atoms with van der Waals surface area (Å²) in [6.07, 6.45) is 1.75. The van der Waals surface area contributed by atoms with Crippen molar-refractivity contribution in [3.8, 4) is 0 Å². The number of pyridine rings is 1. The highest BCUT2D eigenvalue weighted by molar-refractivity contribution is 5.84. The van der Waals surface area contributed by atoms with Crippen molar-refractivity contribution in [3.63, 3.8) is 0 Å². The number of rotatable bonds is 0. The Kier molecular flexibility index (Phi) is 1.12. The molecule has 0 bridgehead atoms. The number of aryl methyl sites for hydroxylation is 1. The number of hydrogen-bond donors (Lipinski definition) is 2. The van der Waals surface area contributed by atoms with Crippen LogP contribution in [0.15, 0.2) is 18.3 Å². The van der Waals surface area contributed by atoms with Crippen LogP contribution in [0, 0.1) is 6.92 Å². The van der Waals surface area contributed by atoms with E-state index in [1.54, 1.807) is 6.20 Å². The molecule has 2 rings (SSSR count). The van der Waals surface area contributed by atoms with Gasteiger partial charge in [0.25, 0.3) is 0 Å². The highest BCUT2D eigenvalue weighted by atomic mass is 14.9. The highest BCUT2D eigenvalue weighted by Gasteiger charge is 2.02. The number of nitrogens with zero attached hydrogens (tertiary/aromatic N) is 1. The number of H-pyrrole nitrogens is 1. The van der Waals surface area contributed by atoms with E-state index in [0.29, 0.717) is 5.82 Å². The summed E-state index contributed by atoms with van der Waals surface area (Å²) in [7, 11) is 0. The molecule has 2 aromatic rings. The summed E-state index contributed by atoms with van der Waals surface area (Å²) >= 11 is 0. The number of nitrogens with two attached hydrogens (primary N) is 1. The second kappa shape index (κ2) is 1.99. The Labute approximate surface area is 64.2 Å². The first-order chi connectivity index (χ1) is 5.29. The third-order valence-electron chi connectivity index (χ3n) is 1.87. The number of aromatic nitrogens is 2. The van der Waals surface area contributed by atoms with Crippen LogP contribution in [-0.4, -0.2) is 9.97 Å². The van der Waals surface area contributed by atoms with Crippen molar-refractivity contribution in [2.75, 3.05) is 5.73 Å². The minimum atomic E-state index is 0.707. The molecule has 0 saturated carbocycles. The molecule has 0 aliphatic heterocycles. The molecule has 0 atom stereocenters. The molecular formula is C8H9N3. The maximum Gasteiger partial charge on any atom is 0.139 e. The average molecular weight is 147 g/mol. The van der Waals surface area contributed by atoms with Gasteiger partial charge in [-0.2, -0.15) is 0 Å². The Bertz CT molecular complexity index is 389. The zero-order chi connectivity index (χ0) is 7.84. The molecule has 0 unspecified atom stereocenters. The van der Waals surface area contributed by atoms with E-state index in [0.717, 1.165) is 16.6 Å². The fourth-order valence-electron chi connectivity index (χ4n) is 1.17. The molecule has 0 amide bonds. The third kappa shape index (κ3) is 0.774. The average Bonchev–Trinajstić information content (AvgIpc) is 2.30. The molecule has 3 N–H and O–H groups in total. The molecule has 0 radical (unpaired) electrons. The predicted molar refractivity (Wildman–Crippen MR) is 45.2 cm³/mol. The van der Waals surface area contributed by atoms with E-state index in [1.807, 2.05) is 19.1 Å². The molecule has 0 aliphatic rings. The van der Waals surface area contributed by atoms with Gasteiger partial charge in [0, 0.05) is 17.1 Å². The largest absolute Gasteiger partial charge is 0.385 e. The molecule has 0 spiro atoms. The normalized spacial score (nSPS) is 10.6. The molecule has 0 aromatic carbocycles. The van der Waals surface area contributed by atoms with Gasteiger partial charge in [0.05, 0.1) is 0 Å². The van der Waals surface area contributed by atoms with Gasteiger partial charge in [0.2, 0.25) is 0 Å². The summed E-state index contributed by atoms with van der Waals surface area (Å²) in [6.45, 7) is 1.98. The zero-order valence-electron chi connectivity index (χ0n) is 6.26. The SMILES string of the molecule is Cc1c(N)[nH]c2ncccc12. The van der Waals surface area contributed by atoms with Gasteiger partial charge >= 0.3 is 0 Å². The van der Waals surface area contributed by atoms with Crippen molar-refractivity contribution in [3.05, 3.63) is 23.9 Å². The molecule has 0 fully saturated rings. The Morgan fingerprint density at radius 1 is 1.55 bits per heavy atom. The standard InChI is InChI=1S/C8H9N3/c1-5-6-3-2-4-10-8(6)11-7(5)9/h2-4H,9H2,1H3,(H,10,11). The van der Waals surface area contributed by atoms with Crippen LogP contribution in [0.5, 0.6) is 0 Å². The van der Waals surface area contributed by atoms with Gasteiger partial charge in [0.15, 0.2) is 0 Å². The number of nitrogen functional groups attached to an aromatic ring is 1. The van der Waals surface area contributed by atoms with Crippen molar-refractivity contribution in [2.45, 2.75) is 6.92 Å². The molecule has 56 valence electrons. The topological polar surface area (TPSA) is 54.7 Å². The summed E-state index contributed by atoms with van der Waals surface area (Å²) in [6, 6.07) is 3.91. The van der Waals surface area contributed by atoms with Gasteiger partial charge in [-0.3, -0.25) is 0 Å². The van der Waals surface area contributed by atoms with Crippen LogP contribution >= 0.6 is 0 Å². The minimum Gasteiger partial charge on any atom is -0.385 e. The number of nitrogens with one attached hydrogen (secondary N) is 1. The molecule has 3 nitrogen and oxygen atoms in total. The van der Waals surface area contributed by atoms with Gasteiger partial charge < -0.3 is 10.7 Å². The lowest BCUT2D eigenvalue weighted by Crippen LogP contribution is -1.85. The van der Waals surface area contributed by atoms with Gasteiger partial charge in [-0.25, -0.2) is 4.98 Å². The highest BCUT2D eigenvalue weighted by Crippen LogP contribution is 2.20. The van der Waals surface area contributed by atoms with Crippen LogP contribution in [0.4, 0.5) is 5.82 Å². The van der Waals surface area contributed by atoms with E-state index in [9.17, 15) is 0 Å². The van der Waals surface area contributed by atoms with Crippen molar-refractivity contribution in [2.24, 2.45) is 0 Å². The fourth-order valence-corrected chi connectivity index (χ4v) is 1.17. The summed E-state index contributed by atoms with van der Waals surface area (Å²) < 4.78 is 0. The van der Waals surface area contributed by atoms with Gasteiger partial charge in [-0.05, 0) is 19.1 Å². The molecule has 3 heteroatoms. The summed E-state index contributed by atoms with van der Waals surface area (Å²) in [5.74, 6) is 0.707. The van der Waals surface area contributed by atoms with E-state index in [-0.39, 0.29) is 0 Å². The molecule has 0 aliphatic carbocycles. The monoisotopic (exact) mass is 147 g/mol. The van der Waals surface area contributed by atoms with Crippen molar-refractivity contribution < 1.29 is 0 Å². The van der Waals surface area contributed by atoms with Crippen molar-refractivity contribution >= 4 is 16.9 Å². The van der Waals surface area contributed by atoms with Crippen molar-refractivity contribution in [1.82, 2.24) is 9.97 Å². The zero-order valence-corrected chi connectivity index (χ0v) is 6.26.